The van der Waals surface area contributed by atoms with Crippen LogP contribution < -0.4 is 11.1 Å². The number of hydrogen-bond donors (Lipinski definition) is 1. The van der Waals surface area contributed by atoms with Crippen molar-refractivity contribution in [3.05, 3.63) is 34.3 Å². The van der Waals surface area contributed by atoms with E-state index in [4.69, 9.17) is 4.42 Å². The summed E-state index contributed by atoms with van der Waals surface area (Å²) in [6.45, 7) is 0.772. The van der Waals surface area contributed by atoms with Gasteiger partial charge in [0.15, 0.2) is 5.58 Å². The van der Waals surface area contributed by atoms with Gasteiger partial charge in [0.1, 0.15) is 0 Å². The Hall–Kier alpha value is -1.55. The average molecular weight is 192 g/mol. The highest BCUT2D eigenvalue weighted by atomic mass is 16.4. The minimum atomic E-state index is -0.318. The monoisotopic (exact) mass is 192 g/mol. The first-order valence-corrected chi connectivity index (χ1v) is 4.45. The topological polar surface area (TPSA) is 47.2 Å². The molecule has 14 heavy (non-hydrogen) atoms. The predicted octanol–water partition coefficient (Wildman–Crippen LogP) is 0.851. The van der Waals surface area contributed by atoms with Gasteiger partial charge in [0.2, 0.25) is 0 Å². The molecule has 2 rings (SSSR count). The Morgan fingerprint density at radius 3 is 3.00 bits per heavy atom. The standard InChI is InChI=1S/C10H12N2O2/c1-11-6-7-3-4-8-9(5-7)14-10(13)12(8)2/h3-5,11H,6H2,1-2H3. The fourth-order valence-electron chi connectivity index (χ4n) is 1.49. The maximum atomic E-state index is 11.2. The molecule has 0 saturated carbocycles. The molecule has 0 amide bonds. The summed E-state index contributed by atoms with van der Waals surface area (Å²) < 4.78 is 6.56. The van der Waals surface area contributed by atoms with Crippen LogP contribution in [0.3, 0.4) is 0 Å². The molecule has 0 bridgehead atoms. The van der Waals surface area contributed by atoms with E-state index in [1.807, 2.05) is 25.2 Å². The number of rotatable bonds is 2. The summed E-state index contributed by atoms with van der Waals surface area (Å²) in [4.78, 5) is 11.2. The van der Waals surface area contributed by atoms with Gasteiger partial charge in [-0.05, 0) is 24.7 Å². The van der Waals surface area contributed by atoms with Gasteiger partial charge in [0.05, 0.1) is 5.52 Å². The first kappa shape index (κ1) is 9.02. The van der Waals surface area contributed by atoms with E-state index in [1.54, 1.807) is 7.05 Å². The molecular weight excluding hydrogens is 180 g/mol. The number of hydrogen-bond acceptors (Lipinski definition) is 3. The zero-order valence-corrected chi connectivity index (χ0v) is 8.20. The third kappa shape index (κ3) is 1.33. The summed E-state index contributed by atoms with van der Waals surface area (Å²) >= 11 is 0. The summed E-state index contributed by atoms with van der Waals surface area (Å²) in [6, 6.07) is 5.76. The Labute approximate surface area is 81.1 Å². The summed E-state index contributed by atoms with van der Waals surface area (Å²) in [6.07, 6.45) is 0. The van der Waals surface area contributed by atoms with Gasteiger partial charge in [-0.1, -0.05) is 6.07 Å². The fraction of sp³-hybridized carbons (Fsp3) is 0.300. The van der Waals surface area contributed by atoms with Crippen LogP contribution in [-0.4, -0.2) is 11.6 Å². The largest absolute Gasteiger partial charge is 0.419 e. The summed E-state index contributed by atoms with van der Waals surface area (Å²) in [5.74, 6) is -0.318. The van der Waals surface area contributed by atoms with Gasteiger partial charge in [-0.25, -0.2) is 4.79 Å². The van der Waals surface area contributed by atoms with Crippen molar-refractivity contribution in [1.29, 1.82) is 0 Å². The molecule has 0 aliphatic carbocycles. The van der Waals surface area contributed by atoms with Gasteiger partial charge in [-0.15, -0.1) is 0 Å². The number of aryl methyl sites for hydroxylation is 1. The molecular formula is C10H12N2O2. The fourth-order valence-corrected chi connectivity index (χ4v) is 1.49. The Morgan fingerprint density at radius 1 is 1.50 bits per heavy atom. The predicted molar refractivity (Wildman–Crippen MR) is 54.2 cm³/mol. The molecule has 0 spiro atoms. The molecule has 0 aliphatic heterocycles. The van der Waals surface area contributed by atoms with Crippen molar-refractivity contribution in [2.24, 2.45) is 7.05 Å². The third-order valence-corrected chi connectivity index (χ3v) is 2.24. The molecule has 2 aromatic rings. The van der Waals surface area contributed by atoms with Gasteiger partial charge in [0, 0.05) is 13.6 Å². The third-order valence-electron chi connectivity index (χ3n) is 2.24. The van der Waals surface area contributed by atoms with Crippen LogP contribution in [0.15, 0.2) is 27.4 Å². The average Bonchev–Trinajstić information content (AvgIpc) is 2.43. The van der Waals surface area contributed by atoms with Crippen LogP contribution in [0.2, 0.25) is 0 Å². The second-order valence-corrected chi connectivity index (χ2v) is 3.26. The van der Waals surface area contributed by atoms with Crippen molar-refractivity contribution in [1.82, 2.24) is 9.88 Å². The molecule has 0 unspecified atom stereocenters. The van der Waals surface area contributed by atoms with Crippen molar-refractivity contribution in [3.63, 3.8) is 0 Å². The molecule has 0 atom stereocenters. The summed E-state index contributed by atoms with van der Waals surface area (Å²) in [5.41, 5.74) is 2.58. The van der Waals surface area contributed by atoms with Crippen molar-refractivity contribution in [2.75, 3.05) is 7.05 Å². The molecule has 4 heteroatoms. The molecule has 0 fully saturated rings. The van der Waals surface area contributed by atoms with Gasteiger partial charge >= 0.3 is 5.76 Å². The second-order valence-electron chi connectivity index (χ2n) is 3.26. The van der Waals surface area contributed by atoms with Gasteiger partial charge in [-0.3, -0.25) is 4.57 Å². The highest BCUT2D eigenvalue weighted by molar-refractivity contribution is 5.73. The van der Waals surface area contributed by atoms with Crippen LogP contribution >= 0.6 is 0 Å². The quantitative estimate of drug-likeness (QED) is 0.767. The van der Waals surface area contributed by atoms with E-state index < -0.39 is 0 Å². The van der Waals surface area contributed by atoms with Gasteiger partial charge < -0.3 is 9.73 Å². The maximum absolute atomic E-state index is 11.2. The molecule has 0 aliphatic rings. The highest BCUT2D eigenvalue weighted by Crippen LogP contribution is 2.13. The Morgan fingerprint density at radius 2 is 2.29 bits per heavy atom. The first-order valence-electron chi connectivity index (χ1n) is 4.45. The van der Waals surface area contributed by atoms with Gasteiger partial charge in [-0.2, -0.15) is 0 Å². The zero-order chi connectivity index (χ0) is 10.1. The number of nitrogens with zero attached hydrogens (tertiary/aromatic N) is 1. The minimum Gasteiger partial charge on any atom is -0.408 e. The van der Waals surface area contributed by atoms with E-state index in [2.05, 4.69) is 5.32 Å². The lowest BCUT2D eigenvalue weighted by Gasteiger charge is -1.98. The van der Waals surface area contributed by atoms with E-state index in [9.17, 15) is 4.79 Å². The smallest absolute Gasteiger partial charge is 0.408 e. The number of oxazole rings is 1. The molecule has 1 heterocycles. The number of fused-ring (bicyclic) bond motifs is 1. The van der Waals surface area contributed by atoms with Crippen molar-refractivity contribution < 1.29 is 4.42 Å². The Balaban J connectivity index is 2.61. The van der Waals surface area contributed by atoms with Crippen LogP contribution in [0.25, 0.3) is 11.1 Å². The molecule has 1 aromatic heterocycles. The molecule has 74 valence electrons. The van der Waals surface area contributed by atoms with Gasteiger partial charge in [0.25, 0.3) is 0 Å². The number of aromatic nitrogens is 1. The van der Waals surface area contributed by atoms with Crippen LogP contribution in [-0.2, 0) is 13.6 Å². The molecule has 0 saturated heterocycles. The lowest BCUT2D eigenvalue weighted by Crippen LogP contribution is -2.08. The summed E-state index contributed by atoms with van der Waals surface area (Å²) in [5, 5.41) is 3.04. The van der Waals surface area contributed by atoms with Crippen molar-refractivity contribution >= 4 is 11.1 Å². The number of benzene rings is 1. The van der Waals surface area contributed by atoms with E-state index in [1.165, 1.54) is 4.57 Å². The van der Waals surface area contributed by atoms with E-state index in [-0.39, 0.29) is 5.76 Å². The lowest BCUT2D eigenvalue weighted by atomic mass is 10.2. The molecule has 4 nitrogen and oxygen atoms in total. The highest BCUT2D eigenvalue weighted by Gasteiger charge is 2.05. The van der Waals surface area contributed by atoms with Crippen LogP contribution in [0, 0.1) is 0 Å². The first-order chi connectivity index (χ1) is 6.72. The number of nitrogens with one attached hydrogen (secondary N) is 1. The van der Waals surface area contributed by atoms with E-state index >= 15 is 0 Å². The minimum absolute atomic E-state index is 0.318. The van der Waals surface area contributed by atoms with Crippen LogP contribution in [0.1, 0.15) is 5.56 Å². The maximum Gasteiger partial charge on any atom is 0.419 e. The van der Waals surface area contributed by atoms with Crippen molar-refractivity contribution in [3.8, 4) is 0 Å². The molecule has 0 radical (unpaired) electrons. The lowest BCUT2D eigenvalue weighted by molar-refractivity contribution is 0.527. The van der Waals surface area contributed by atoms with Crippen molar-refractivity contribution in [2.45, 2.75) is 6.54 Å². The molecule has 1 N–H and O–H groups in total. The molecule has 1 aromatic carbocycles. The Kier molecular flexibility index (Phi) is 2.13. The normalized spacial score (nSPS) is 11.0. The Bertz CT molecular complexity index is 510. The SMILES string of the molecule is CNCc1ccc2c(c1)oc(=O)n2C. The van der Waals surface area contributed by atoms with Crippen LogP contribution in [0.5, 0.6) is 0 Å². The zero-order valence-electron chi connectivity index (χ0n) is 8.20. The second kappa shape index (κ2) is 3.31. The van der Waals surface area contributed by atoms with E-state index in [0.717, 1.165) is 17.6 Å². The summed E-state index contributed by atoms with van der Waals surface area (Å²) in [7, 11) is 3.58. The van der Waals surface area contributed by atoms with E-state index in [0.29, 0.717) is 5.58 Å². The van der Waals surface area contributed by atoms with Crippen LogP contribution in [0.4, 0.5) is 0 Å².